The number of amides is 4. The van der Waals surface area contributed by atoms with E-state index in [1.807, 2.05) is 36.4 Å². The molecule has 1 spiro atoms. The third-order valence-electron chi connectivity index (χ3n) is 6.88. The first-order valence-corrected chi connectivity index (χ1v) is 12.4. The zero-order chi connectivity index (χ0) is 25.9. The molecule has 4 amide bonds. The molecule has 2 aromatic carbocycles. The molecule has 0 unspecified atom stereocenters. The van der Waals surface area contributed by atoms with Gasteiger partial charge < -0.3 is 20.1 Å². The molecule has 2 N–H and O–H groups in total. The first-order valence-electron chi connectivity index (χ1n) is 12.4. The zero-order valence-corrected chi connectivity index (χ0v) is 21.4. The molecule has 2 atom stereocenters. The zero-order valence-electron chi connectivity index (χ0n) is 21.4. The minimum Gasteiger partial charge on any atom is -0.493 e. The van der Waals surface area contributed by atoms with Crippen molar-refractivity contribution in [1.82, 2.24) is 15.5 Å². The van der Waals surface area contributed by atoms with Crippen LogP contribution >= 0.6 is 0 Å². The lowest BCUT2D eigenvalue weighted by Gasteiger charge is -2.43. The molecular formula is C28H35N3O5. The average Bonchev–Trinajstić information content (AvgIpc) is 3.03. The fourth-order valence-electron chi connectivity index (χ4n) is 5.73. The van der Waals surface area contributed by atoms with Gasteiger partial charge in [-0.05, 0) is 53.9 Å². The lowest BCUT2D eigenvalue weighted by molar-refractivity contribution is -0.137. The smallest absolute Gasteiger partial charge is 0.325 e. The summed E-state index contributed by atoms with van der Waals surface area (Å²) in [6, 6.07) is 14.8. The number of methoxy groups -OCH3 is 1. The van der Waals surface area contributed by atoms with Crippen LogP contribution in [0.4, 0.5) is 4.79 Å². The SMILES string of the molecule is COc1cc(CNC(=O)CN2C(=O)N[C@]3(C[C@@H](C)CC(C)(C)C3)C2=O)ccc1OCc1ccccc1. The quantitative estimate of drug-likeness (QED) is 0.542. The van der Waals surface area contributed by atoms with Crippen molar-refractivity contribution >= 4 is 17.8 Å². The molecule has 1 aliphatic heterocycles. The van der Waals surface area contributed by atoms with Gasteiger partial charge in [0.05, 0.1) is 7.11 Å². The fourth-order valence-corrected chi connectivity index (χ4v) is 5.73. The van der Waals surface area contributed by atoms with Crippen molar-refractivity contribution < 1.29 is 23.9 Å². The molecule has 192 valence electrons. The molecule has 1 saturated heterocycles. The van der Waals surface area contributed by atoms with E-state index in [1.165, 1.54) is 0 Å². The van der Waals surface area contributed by atoms with Gasteiger partial charge in [-0.3, -0.25) is 14.5 Å². The topological polar surface area (TPSA) is 97.0 Å². The summed E-state index contributed by atoms with van der Waals surface area (Å²) in [6.45, 7) is 6.67. The van der Waals surface area contributed by atoms with Crippen LogP contribution in [0.5, 0.6) is 11.5 Å². The monoisotopic (exact) mass is 493 g/mol. The van der Waals surface area contributed by atoms with E-state index in [4.69, 9.17) is 9.47 Å². The summed E-state index contributed by atoms with van der Waals surface area (Å²) in [4.78, 5) is 39.6. The summed E-state index contributed by atoms with van der Waals surface area (Å²) >= 11 is 0. The molecule has 2 fully saturated rings. The average molecular weight is 494 g/mol. The molecule has 8 nitrogen and oxygen atoms in total. The normalized spacial score (nSPS) is 22.9. The van der Waals surface area contributed by atoms with Crippen molar-refractivity contribution in [1.29, 1.82) is 0 Å². The van der Waals surface area contributed by atoms with Crippen LogP contribution in [0.3, 0.4) is 0 Å². The molecule has 1 aliphatic carbocycles. The largest absolute Gasteiger partial charge is 0.493 e. The Morgan fingerprint density at radius 2 is 1.83 bits per heavy atom. The van der Waals surface area contributed by atoms with Gasteiger partial charge in [-0.1, -0.05) is 57.2 Å². The third-order valence-corrected chi connectivity index (χ3v) is 6.88. The Balaban J connectivity index is 1.34. The maximum Gasteiger partial charge on any atom is 0.325 e. The van der Waals surface area contributed by atoms with Crippen molar-refractivity contribution in [2.75, 3.05) is 13.7 Å². The van der Waals surface area contributed by atoms with E-state index in [-0.39, 0.29) is 24.4 Å². The highest BCUT2D eigenvalue weighted by atomic mass is 16.5. The molecule has 8 heteroatoms. The van der Waals surface area contributed by atoms with E-state index >= 15 is 0 Å². The van der Waals surface area contributed by atoms with Gasteiger partial charge in [-0.25, -0.2) is 4.79 Å². The number of nitrogens with one attached hydrogen (secondary N) is 2. The molecule has 1 saturated carbocycles. The summed E-state index contributed by atoms with van der Waals surface area (Å²) in [6.07, 6.45) is 2.17. The second kappa shape index (κ2) is 10.2. The Hall–Kier alpha value is -3.55. The van der Waals surface area contributed by atoms with Gasteiger partial charge in [0.25, 0.3) is 5.91 Å². The van der Waals surface area contributed by atoms with Crippen LogP contribution in [-0.2, 0) is 22.7 Å². The number of hydrogen-bond donors (Lipinski definition) is 2. The second-order valence-electron chi connectivity index (χ2n) is 10.8. The molecule has 4 rings (SSSR count). The first kappa shape index (κ1) is 25.5. The maximum absolute atomic E-state index is 13.3. The lowest BCUT2D eigenvalue weighted by atomic mass is 9.64. The van der Waals surface area contributed by atoms with Gasteiger partial charge in [0.15, 0.2) is 11.5 Å². The van der Waals surface area contributed by atoms with Crippen LogP contribution in [0.2, 0.25) is 0 Å². The minimum absolute atomic E-state index is 0.0606. The van der Waals surface area contributed by atoms with Crippen LogP contribution < -0.4 is 20.1 Å². The number of rotatable bonds is 8. The summed E-state index contributed by atoms with van der Waals surface area (Å²) in [5, 5.41) is 5.71. The highest BCUT2D eigenvalue weighted by Gasteiger charge is 2.56. The van der Waals surface area contributed by atoms with E-state index in [9.17, 15) is 14.4 Å². The predicted octanol–water partition coefficient (Wildman–Crippen LogP) is 4.03. The predicted molar refractivity (Wildman–Crippen MR) is 135 cm³/mol. The molecule has 2 aromatic rings. The Labute approximate surface area is 212 Å². The number of benzene rings is 2. The first-order chi connectivity index (χ1) is 17.1. The summed E-state index contributed by atoms with van der Waals surface area (Å²) in [5.41, 5.74) is 0.879. The van der Waals surface area contributed by atoms with E-state index in [1.54, 1.807) is 19.2 Å². The van der Waals surface area contributed by atoms with Crippen molar-refractivity contribution in [3.63, 3.8) is 0 Å². The molecule has 36 heavy (non-hydrogen) atoms. The van der Waals surface area contributed by atoms with Gasteiger partial charge in [-0.15, -0.1) is 0 Å². The van der Waals surface area contributed by atoms with Crippen LogP contribution in [0.15, 0.2) is 48.5 Å². The number of urea groups is 1. The molecule has 2 aliphatic rings. The summed E-state index contributed by atoms with van der Waals surface area (Å²) in [5.74, 6) is 0.765. The lowest BCUT2D eigenvalue weighted by Crippen LogP contribution is -2.54. The van der Waals surface area contributed by atoms with E-state index in [0.29, 0.717) is 36.9 Å². The number of carbonyl (C=O) groups excluding carboxylic acids is 3. The maximum atomic E-state index is 13.3. The van der Waals surface area contributed by atoms with Gasteiger partial charge in [0.1, 0.15) is 18.7 Å². The number of hydrogen-bond acceptors (Lipinski definition) is 5. The molecule has 0 bridgehead atoms. The van der Waals surface area contributed by atoms with Crippen LogP contribution in [0.25, 0.3) is 0 Å². The summed E-state index contributed by atoms with van der Waals surface area (Å²) < 4.78 is 11.3. The molecule has 0 aromatic heterocycles. The van der Waals surface area contributed by atoms with Crippen LogP contribution in [-0.4, -0.2) is 41.9 Å². The van der Waals surface area contributed by atoms with Crippen LogP contribution in [0.1, 0.15) is 51.2 Å². The third kappa shape index (κ3) is 5.64. The highest BCUT2D eigenvalue weighted by Crippen LogP contribution is 2.46. The number of carbonyl (C=O) groups is 3. The Kier molecular flexibility index (Phi) is 7.24. The van der Waals surface area contributed by atoms with E-state index in [2.05, 4.69) is 31.4 Å². The van der Waals surface area contributed by atoms with Gasteiger partial charge in [-0.2, -0.15) is 0 Å². The Bertz CT molecular complexity index is 1130. The van der Waals surface area contributed by atoms with Crippen molar-refractivity contribution in [3.8, 4) is 11.5 Å². The Morgan fingerprint density at radius 3 is 2.53 bits per heavy atom. The van der Waals surface area contributed by atoms with Crippen LogP contribution in [0, 0.1) is 11.3 Å². The van der Waals surface area contributed by atoms with Gasteiger partial charge in [0, 0.05) is 6.54 Å². The van der Waals surface area contributed by atoms with E-state index < -0.39 is 17.5 Å². The standard InChI is InChI=1S/C28H35N3O5/c1-19-13-27(2,3)18-28(14-19)25(33)31(26(34)30-28)16-24(32)29-15-21-10-11-22(23(12-21)35-4)36-17-20-8-6-5-7-9-20/h5-12,19H,13-18H2,1-4H3,(H,29,32)(H,30,34)/t19-,28-/m0/s1. The second-order valence-corrected chi connectivity index (χ2v) is 10.8. The Morgan fingerprint density at radius 1 is 1.08 bits per heavy atom. The number of ether oxygens (including phenoxy) is 2. The molecule has 0 radical (unpaired) electrons. The fraction of sp³-hybridized carbons (Fsp3) is 0.464. The van der Waals surface area contributed by atoms with Gasteiger partial charge >= 0.3 is 6.03 Å². The van der Waals surface area contributed by atoms with Crippen molar-refractivity contribution in [2.24, 2.45) is 11.3 Å². The van der Waals surface area contributed by atoms with E-state index in [0.717, 1.165) is 22.4 Å². The molecule has 1 heterocycles. The number of imide groups is 1. The van der Waals surface area contributed by atoms with Crippen molar-refractivity contribution in [2.45, 2.75) is 58.7 Å². The minimum atomic E-state index is -0.915. The summed E-state index contributed by atoms with van der Waals surface area (Å²) in [7, 11) is 1.56. The van der Waals surface area contributed by atoms with Crippen molar-refractivity contribution in [3.05, 3.63) is 59.7 Å². The van der Waals surface area contributed by atoms with Gasteiger partial charge in [0.2, 0.25) is 5.91 Å². The highest BCUT2D eigenvalue weighted by molar-refractivity contribution is 6.09. The molecular weight excluding hydrogens is 458 g/mol. The number of nitrogens with zero attached hydrogens (tertiary/aromatic N) is 1.